The molecular formula is C24H28N4O3. The second-order valence-electron chi connectivity index (χ2n) is 8.22. The SMILES string of the molecule is Cc1ncccc1C(=O)N1CCC(N2C(=O)CCC2C(=O)NCc2ccccc2)CC1. The molecule has 1 N–H and O–H groups in total. The van der Waals surface area contributed by atoms with Crippen molar-refractivity contribution in [1.82, 2.24) is 20.1 Å². The quantitative estimate of drug-likeness (QED) is 0.805. The smallest absolute Gasteiger partial charge is 0.255 e. The number of nitrogens with zero attached hydrogens (tertiary/aromatic N) is 3. The molecule has 3 heterocycles. The number of carbonyl (C=O) groups excluding carboxylic acids is 3. The van der Waals surface area contributed by atoms with Crippen LogP contribution in [-0.4, -0.2) is 57.7 Å². The Bertz CT molecular complexity index is 954. The molecule has 7 nitrogen and oxygen atoms in total. The molecule has 1 aromatic carbocycles. The number of benzene rings is 1. The van der Waals surface area contributed by atoms with Gasteiger partial charge in [0.2, 0.25) is 11.8 Å². The number of amides is 3. The molecule has 1 atom stereocenters. The Hall–Kier alpha value is -3.22. The highest BCUT2D eigenvalue weighted by Crippen LogP contribution is 2.28. The third-order valence-electron chi connectivity index (χ3n) is 6.25. The van der Waals surface area contributed by atoms with Crippen LogP contribution in [-0.2, 0) is 16.1 Å². The molecule has 3 amide bonds. The van der Waals surface area contributed by atoms with E-state index in [1.54, 1.807) is 23.2 Å². The molecule has 162 valence electrons. The Balaban J connectivity index is 1.36. The topological polar surface area (TPSA) is 82.6 Å². The van der Waals surface area contributed by atoms with Crippen molar-refractivity contribution < 1.29 is 14.4 Å². The molecule has 1 aromatic heterocycles. The van der Waals surface area contributed by atoms with E-state index in [0.717, 1.165) is 11.3 Å². The highest BCUT2D eigenvalue weighted by molar-refractivity contribution is 5.95. The summed E-state index contributed by atoms with van der Waals surface area (Å²) in [7, 11) is 0. The number of likely N-dealkylation sites (tertiary alicyclic amines) is 2. The lowest BCUT2D eigenvalue weighted by Crippen LogP contribution is -2.53. The maximum atomic E-state index is 12.8. The van der Waals surface area contributed by atoms with E-state index in [4.69, 9.17) is 0 Å². The number of carbonyl (C=O) groups is 3. The molecule has 2 aliphatic rings. The molecule has 1 unspecified atom stereocenters. The van der Waals surface area contributed by atoms with Gasteiger partial charge in [-0.05, 0) is 43.9 Å². The van der Waals surface area contributed by atoms with Gasteiger partial charge in [-0.15, -0.1) is 0 Å². The summed E-state index contributed by atoms with van der Waals surface area (Å²) in [6.07, 6.45) is 3.99. The first-order chi connectivity index (χ1) is 15.0. The highest BCUT2D eigenvalue weighted by atomic mass is 16.2. The van der Waals surface area contributed by atoms with E-state index in [1.165, 1.54) is 0 Å². The molecule has 0 aliphatic carbocycles. The fourth-order valence-electron chi connectivity index (χ4n) is 4.55. The fraction of sp³-hybridized carbons (Fsp3) is 0.417. The van der Waals surface area contributed by atoms with Gasteiger partial charge in [-0.25, -0.2) is 0 Å². The predicted octanol–water partition coefficient (Wildman–Crippen LogP) is 2.30. The minimum Gasteiger partial charge on any atom is -0.350 e. The zero-order chi connectivity index (χ0) is 21.8. The zero-order valence-electron chi connectivity index (χ0n) is 17.8. The van der Waals surface area contributed by atoms with E-state index < -0.39 is 6.04 Å². The number of aryl methyl sites for hydroxylation is 1. The summed E-state index contributed by atoms with van der Waals surface area (Å²) < 4.78 is 0. The van der Waals surface area contributed by atoms with Crippen LogP contribution in [0.1, 0.15) is 47.3 Å². The van der Waals surface area contributed by atoms with Crippen LogP contribution in [0.3, 0.4) is 0 Å². The Labute approximate surface area is 182 Å². The number of nitrogens with one attached hydrogen (secondary N) is 1. The molecule has 2 aliphatic heterocycles. The molecule has 2 fully saturated rings. The molecule has 0 spiro atoms. The van der Waals surface area contributed by atoms with Crippen molar-refractivity contribution >= 4 is 17.7 Å². The van der Waals surface area contributed by atoms with E-state index in [2.05, 4.69) is 10.3 Å². The molecule has 0 radical (unpaired) electrons. The Morgan fingerprint density at radius 1 is 1.06 bits per heavy atom. The molecule has 7 heteroatoms. The van der Waals surface area contributed by atoms with Crippen molar-refractivity contribution in [2.45, 2.75) is 51.2 Å². The Kier molecular flexibility index (Phi) is 6.30. The molecule has 0 bridgehead atoms. The maximum absolute atomic E-state index is 12.8. The van der Waals surface area contributed by atoms with Gasteiger partial charge in [0.25, 0.3) is 5.91 Å². The van der Waals surface area contributed by atoms with Gasteiger partial charge in [0, 0.05) is 44.0 Å². The molecule has 0 saturated carbocycles. The summed E-state index contributed by atoms with van der Waals surface area (Å²) in [6.45, 7) is 3.43. The Morgan fingerprint density at radius 2 is 1.81 bits per heavy atom. The van der Waals surface area contributed by atoms with Crippen LogP contribution < -0.4 is 5.32 Å². The number of rotatable bonds is 5. The number of hydrogen-bond donors (Lipinski definition) is 1. The van der Waals surface area contributed by atoms with Crippen LogP contribution in [0.2, 0.25) is 0 Å². The third kappa shape index (κ3) is 4.60. The van der Waals surface area contributed by atoms with Gasteiger partial charge in [0.05, 0.1) is 5.56 Å². The highest BCUT2D eigenvalue weighted by Gasteiger charge is 2.41. The van der Waals surface area contributed by atoms with Crippen molar-refractivity contribution in [2.24, 2.45) is 0 Å². The van der Waals surface area contributed by atoms with Crippen molar-refractivity contribution in [3.05, 3.63) is 65.5 Å². The van der Waals surface area contributed by atoms with Crippen LogP contribution in [0.5, 0.6) is 0 Å². The number of pyridine rings is 1. The van der Waals surface area contributed by atoms with E-state index in [1.807, 2.05) is 42.2 Å². The lowest BCUT2D eigenvalue weighted by atomic mass is 10.0. The molecule has 31 heavy (non-hydrogen) atoms. The van der Waals surface area contributed by atoms with Gasteiger partial charge < -0.3 is 15.1 Å². The van der Waals surface area contributed by atoms with Gasteiger partial charge in [-0.2, -0.15) is 0 Å². The van der Waals surface area contributed by atoms with E-state index in [0.29, 0.717) is 50.9 Å². The first kappa shape index (κ1) is 21.0. The summed E-state index contributed by atoms with van der Waals surface area (Å²) in [5.74, 6) is -0.0825. The van der Waals surface area contributed by atoms with Gasteiger partial charge in [0.15, 0.2) is 0 Å². The lowest BCUT2D eigenvalue weighted by molar-refractivity contribution is -0.138. The average Bonchev–Trinajstić information content (AvgIpc) is 3.19. The summed E-state index contributed by atoms with van der Waals surface area (Å²) in [6, 6.07) is 12.9. The summed E-state index contributed by atoms with van der Waals surface area (Å²) in [4.78, 5) is 46.1. The van der Waals surface area contributed by atoms with Gasteiger partial charge in [-0.1, -0.05) is 30.3 Å². The van der Waals surface area contributed by atoms with Crippen LogP contribution in [0.4, 0.5) is 0 Å². The van der Waals surface area contributed by atoms with E-state index in [-0.39, 0.29) is 23.8 Å². The van der Waals surface area contributed by atoms with Crippen molar-refractivity contribution in [3.63, 3.8) is 0 Å². The summed E-state index contributed by atoms with van der Waals surface area (Å²) >= 11 is 0. The Morgan fingerprint density at radius 3 is 2.52 bits per heavy atom. The van der Waals surface area contributed by atoms with Gasteiger partial charge in [-0.3, -0.25) is 19.4 Å². The maximum Gasteiger partial charge on any atom is 0.255 e. The molecule has 2 aromatic rings. The minimum atomic E-state index is -0.427. The lowest BCUT2D eigenvalue weighted by Gasteiger charge is -2.39. The van der Waals surface area contributed by atoms with Crippen molar-refractivity contribution in [1.29, 1.82) is 0 Å². The van der Waals surface area contributed by atoms with Crippen LogP contribution in [0.25, 0.3) is 0 Å². The molecular weight excluding hydrogens is 392 g/mol. The first-order valence-electron chi connectivity index (χ1n) is 10.9. The minimum absolute atomic E-state index is 0.0125. The van der Waals surface area contributed by atoms with E-state index >= 15 is 0 Å². The normalized spacial score (nSPS) is 19.5. The second kappa shape index (κ2) is 9.29. The number of piperidine rings is 1. The predicted molar refractivity (Wildman–Crippen MR) is 116 cm³/mol. The van der Waals surface area contributed by atoms with Gasteiger partial charge >= 0.3 is 0 Å². The second-order valence-corrected chi connectivity index (χ2v) is 8.22. The first-order valence-corrected chi connectivity index (χ1v) is 10.9. The third-order valence-corrected chi connectivity index (χ3v) is 6.25. The number of hydrogen-bond acceptors (Lipinski definition) is 4. The summed E-state index contributed by atoms with van der Waals surface area (Å²) in [5, 5.41) is 2.98. The van der Waals surface area contributed by atoms with Crippen molar-refractivity contribution in [2.75, 3.05) is 13.1 Å². The van der Waals surface area contributed by atoms with E-state index in [9.17, 15) is 14.4 Å². The fourth-order valence-corrected chi connectivity index (χ4v) is 4.55. The largest absolute Gasteiger partial charge is 0.350 e. The van der Waals surface area contributed by atoms with Gasteiger partial charge in [0.1, 0.15) is 6.04 Å². The van der Waals surface area contributed by atoms with Crippen LogP contribution >= 0.6 is 0 Å². The average molecular weight is 421 g/mol. The standard InChI is InChI=1S/C24H28N4O3/c1-17-20(8-5-13-25-17)24(31)27-14-11-19(12-15-27)28-21(9-10-22(28)29)23(30)26-16-18-6-3-2-4-7-18/h2-8,13,19,21H,9-12,14-16H2,1H3,(H,26,30). The monoisotopic (exact) mass is 420 g/mol. The zero-order valence-corrected chi connectivity index (χ0v) is 17.8. The number of aromatic nitrogens is 1. The van der Waals surface area contributed by atoms with Crippen molar-refractivity contribution in [3.8, 4) is 0 Å². The summed E-state index contributed by atoms with van der Waals surface area (Å²) in [5.41, 5.74) is 2.38. The van der Waals surface area contributed by atoms with Crippen LogP contribution in [0, 0.1) is 6.92 Å². The van der Waals surface area contributed by atoms with Crippen LogP contribution in [0.15, 0.2) is 48.7 Å². The molecule has 4 rings (SSSR count). The molecule has 2 saturated heterocycles.